The molecule has 25 heavy (non-hydrogen) atoms. The number of rotatable bonds is 7. The van der Waals surface area contributed by atoms with E-state index in [1.807, 2.05) is 30.0 Å². The van der Waals surface area contributed by atoms with E-state index in [9.17, 15) is 9.59 Å². The summed E-state index contributed by atoms with van der Waals surface area (Å²) in [7, 11) is 0. The summed E-state index contributed by atoms with van der Waals surface area (Å²) >= 11 is 1.35. The molecule has 0 bridgehead atoms. The molecule has 0 radical (unpaired) electrons. The van der Waals surface area contributed by atoms with Crippen molar-refractivity contribution in [3.8, 4) is 0 Å². The van der Waals surface area contributed by atoms with E-state index in [1.165, 1.54) is 16.9 Å². The summed E-state index contributed by atoms with van der Waals surface area (Å²) in [4.78, 5) is 25.2. The van der Waals surface area contributed by atoms with Crippen LogP contribution in [0.2, 0.25) is 0 Å². The molecule has 0 fully saturated rings. The maximum Gasteiger partial charge on any atom is 0.262 e. The summed E-state index contributed by atoms with van der Waals surface area (Å²) in [6.07, 6.45) is 0.950. The van der Waals surface area contributed by atoms with Gasteiger partial charge in [0.05, 0.1) is 17.1 Å². The van der Waals surface area contributed by atoms with Gasteiger partial charge in [-0.3, -0.25) is 14.3 Å². The summed E-state index contributed by atoms with van der Waals surface area (Å²) in [5.74, 6) is -0.448. The predicted octanol–water partition coefficient (Wildman–Crippen LogP) is 2.45. The number of hydrogen-bond donors (Lipinski definition) is 2. The Bertz CT molecular complexity index is 747. The summed E-state index contributed by atoms with van der Waals surface area (Å²) in [5, 5.41) is 12.0. The van der Waals surface area contributed by atoms with E-state index >= 15 is 0 Å². The molecular formula is C18H26N4O2S. The van der Waals surface area contributed by atoms with E-state index in [1.54, 1.807) is 19.9 Å². The summed E-state index contributed by atoms with van der Waals surface area (Å²) in [6, 6.07) is 3.55. The summed E-state index contributed by atoms with van der Waals surface area (Å²) < 4.78 is 1.92. The minimum Gasteiger partial charge on any atom is -0.352 e. The van der Waals surface area contributed by atoms with E-state index in [0.717, 1.165) is 17.8 Å². The average Bonchev–Trinajstić information content (AvgIpc) is 3.16. The average molecular weight is 362 g/mol. The lowest BCUT2D eigenvalue weighted by atomic mass is 10.0. The van der Waals surface area contributed by atoms with Crippen molar-refractivity contribution >= 4 is 23.2 Å². The number of thiophene rings is 1. The first-order valence-electron chi connectivity index (χ1n) is 8.43. The SMILES string of the molecule is CCc1c(C)nn(CCNC(=O)C(C)(C)NC(=O)c2cccs2)c1C. The smallest absolute Gasteiger partial charge is 0.262 e. The molecule has 0 aromatic carbocycles. The quantitative estimate of drug-likeness (QED) is 0.794. The minimum absolute atomic E-state index is 0.213. The molecule has 2 amide bonds. The van der Waals surface area contributed by atoms with Crippen molar-refractivity contribution < 1.29 is 9.59 Å². The van der Waals surface area contributed by atoms with Gasteiger partial charge in [0.25, 0.3) is 5.91 Å². The second-order valence-electron chi connectivity index (χ2n) is 6.54. The van der Waals surface area contributed by atoms with E-state index in [2.05, 4.69) is 22.7 Å². The Kier molecular flexibility index (Phi) is 6.00. The highest BCUT2D eigenvalue weighted by atomic mass is 32.1. The molecule has 7 heteroatoms. The van der Waals surface area contributed by atoms with Gasteiger partial charge in [-0.25, -0.2) is 0 Å². The third kappa shape index (κ3) is 4.48. The Morgan fingerprint density at radius 1 is 1.32 bits per heavy atom. The molecule has 0 aliphatic rings. The Balaban J connectivity index is 1.89. The molecule has 2 heterocycles. The van der Waals surface area contributed by atoms with Crippen molar-refractivity contribution in [2.75, 3.05) is 6.54 Å². The fourth-order valence-corrected chi connectivity index (χ4v) is 3.39. The highest BCUT2D eigenvalue weighted by Gasteiger charge is 2.29. The van der Waals surface area contributed by atoms with Crippen LogP contribution in [0.5, 0.6) is 0 Å². The van der Waals surface area contributed by atoms with Gasteiger partial charge in [-0.2, -0.15) is 5.10 Å². The molecule has 0 saturated carbocycles. The Morgan fingerprint density at radius 3 is 2.60 bits per heavy atom. The second-order valence-corrected chi connectivity index (χ2v) is 7.49. The molecule has 2 aromatic heterocycles. The number of amides is 2. The lowest BCUT2D eigenvalue weighted by Gasteiger charge is -2.25. The fraction of sp³-hybridized carbons (Fsp3) is 0.500. The molecular weight excluding hydrogens is 336 g/mol. The Morgan fingerprint density at radius 2 is 2.04 bits per heavy atom. The van der Waals surface area contributed by atoms with Crippen LogP contribution in [0.25, 0.3) is 0 Å². The van der Waals surface area contributed by atoms with Gasteiger partial charge in [0.2, 0.25) is 5.91 Å². The third-order valence-electron chi connectivity index (χ3n) is 4.23. The molecule has 0 aliphatic heterocycles. The molecule has 136 valence electrons. The minimum atomic E-state index is -0.981. The highest BCUT2D eigenvalue weighted by Crippen LogP contribution is 2.13. The van der Waals surface area contributed by atoms with Gasteiger partial charge in [0, 0.05) is 12.2 Å². The first-order chi connectivity index (χ1) is 11.8. The van der Waals surface area contributed by atoms with E-state index in [4.69, 9.17) is 0 Å². The van der Waals surface area contributed by atoms with Crippen molar-refractivity contribution in [1.29, 1.82) is 0 Å². The predicted molar refractivity (Wildman–Crippen MR) is 100.0 cm³/mol. The first kappa shape index (κ1) is 19.2. The van der Waals surface area contributed by atoms with Crippen LogP contribution >= 0.6 is 11.3 Å². The van der Waals surface area contributed by atoms with Crippen LogP contribution in [0.4, 0.5) is 0 Å². The molecule has 0 spiro atoms. The molecule has 2 aromatic rings. The van der Waals surface area contributed by atoms with Crippen LogP contribution in [0.3, 0.4) is 0 Å². The third-order valence-corrected chi connectivity index (χ3v) is 5.10. The lowest BCUT2D eigenvalue weighted by molar-refractivity contribution is -0.126. The van der Waals surface area contributed by atoms with Gasteiger partial charge in [-0.1, -0.05) is 13.0 Å². The standard InChI is InChI=1S/C18H26N4O2S/c1-6-14-12(2)21-22(13(14)3)10-9-19-17(24)18(4,5)20-16(23)15-8-7-11-25-15/h7-8,11H,6,9-10H2,1-5H3,(H,19,24)(H,20,23). The number of nitrogens with zero attached hydrogens (tertiary/aromatic N) is 2. The van der Waals surface area contributed by atoms with Crippen LogP contribution in [0, 0.1) is 13.8 Å². The highest BCUT2D eigenvalue weighted by molar-refractivity contribution is 7.12. The first-order valence-corrected chi connectivity index (χ1v) is 9.31. The van der Waals surface area contributed by atoms with Crippen molar-refractivity contribution in [1.82, 2.24) is 20.4 Å². The maximum absolute atomic E-state index is 12.4. The van der Waals surface area contributed by atoms with Crippen molar-refractivity contribution in [2.45, 2.75) is 53.1 Å². The molecule has 6 nitrogen and oxygen atoms in total. The van der Waals surface area contributed by atoms with Gasteiger partial charge in [0.15, 0.2) is 0 Å². The maximum atomic E-state index is 12.4. The molecule has 0 unspecified atom stereocenters. The molecule has 2 rings (SSSR count). The zero-order valence-electron chi connectivity index (χ0n) is 15.5. The fourth-order valence-electron chi connectivity index (χ4n) is 2.77. The van der Waals surface area contributed by atoms with Crippen LogP contribution in [-0.2, 0) is 17.8 Å². The Labute approximate surface area is 152 Å². The lowest BCUT2D eigenvalue weighted by Crippen LogP contribution is -2.55. The molecule has 0 saturated heterocycles. The zero-order chi connectivity index (χ0) is 18.6. The normalized spacial score (nSPS) is 11.4. The van der Waals surface area contributed by atoms with Gasteiger partial charge in [0.1, 0.15) is 5.54 Å². The van der Waals surface area contributed by atoms with Crippen LogP contribution in [-0.4, -0.2) is 33.7 Å². The number of carbonyl (C=O) groups is 2. The number of nitrogens with one attached hydrogen (secondary N) is 2. The topological polar surface area (TPSA) is 76.0 Å². The largest absolute Gasteiger partial charge is 0.352 e. The van der Waals surface area contributed by atoms with Gasteiger partial charge < -0.3 is 10.6 Å². The van der Waals surface area contributed by atoms with Gasteiger partial charge in [-0.15, -0.1) is 11.3 Å². The number of aromatic nitrogens is 2. The summed E-state index contributed by atoms with van der Waals surface area (Å²) in [5.41, 5.74) is 2.45. The number of carbonyl (C=O) groups excluding carboxylic acids is 2. The number of aryl methyl sites for hydroxylation is 1. The van der Waals surface area contributed by atoms with Crippen molar-refractivity contribution in [2.24, 2.45) is 0 Å². The van der Waals surface area contributed by atoms with Crippen LogP contribution in [0.15, 0.2) is 17.5 Å². The van der Waals surface area contributed by atoms with E-state index in [0.29, 0.717) is 18.0 Å². The molecule has 2 N–H and O–H groups in total. The molecule has 0 aliphatic carbocycles. The molecule has 0 atom stereocenters. The van der Waals surface area contributed by atoms with E-state index in [-0.39, 0.29) is 11.8 Å². The number of hydrogen-bond acceptors (Lipinski definition) is 4. The second kappa shape index (κ2) is 7.82. The van der Waals surface area contributed by atoms with Crippen LogP contribution in [0.1, 0.15) is 47.4 Å². The van der Waals surface area contributed by atoms with Crippen molar-refractivity contribution in [3.05, 3.63) is 39.3 Å². The zero-order valence-corrected chi connectivity index (χ0v) is 16.3. The summed E-state index contributed by atoms with van der Waals surface area (Å²) in [6.45, 7) is 10.6. The van der Waals surface area contributed by atoms with Crippen LogP contribution < -0.4 is 10.6 Å². The van der Waals surface area contributed by atoms with Gasteiger partial charge >= 0.3 is 0 Å². The monoisotopic (exact) mass is 362 g/mol. The Hall–Kier alpha value is -2.15. The van der Waals surface area contributed by atoms with Crippen molar-refractivity contribution in [3.63, 3.8) is 0 Å². The van der Waals surface area contributed by atoms with E-state index < -0.39 is 5.54 Å². The van der Waals surface area contributed by atoms with Gasteiger partial charge in [-0.05, 0) is 51.1 Å².